The molecule has 0 aromatic heterocycles. The summed E-state index contributed by atoms with van der Waals surface area (Å²) in [6.45, 7) is 5.53. The lowest BCUT2D eigenvalue weighted by Crippen LogP contribution is -2.54. The first kappa shape index (κ1) is 15.8. The SMILES string of the molecule is COc1ccccc1C(C)(C)NC(=O)C1CNC1.Cl. The van der Waals surface area contributed by atoms with Gasteiger partial charge in [-0.1, -0.05) is 18.2 Å². The first-order chi connectivity index (χ1) is 8.54. The number of benzene rings is 1. The highest BCUT2D eigenvalue weighted by molar-refractivity contribution is 5.85. The third-order valence-corrected chi connectivity index (χ3v) is 3.37. The molecule has 0 unspecified atom stereocenters. The van der Waals surface area contributed by atoms with Gasteiger partial charge in [0.1, 0.15) is 5.75 Å². The second-order valence-corrected chi connectivity index (χ2v) is 5.17. The van der Waals surface area contributed by atoms with Crippen molar-refractivity contribution >= 4 is 18.3 Å². The first-order valence-electron chi connectivity index (χ1n) is 6.21. The molecule has 0 bridgehead atoms. The summed E-state index contributed by atoms with van der Waals surface area (Å²) in [7, 11) is 1.65. The van der Waals surface area contributed by atoms with E-state index in [9.17, 15) is 4.79 Å². The van der Waals surface area contributed by atoms with E-state index in [2.05, 4.69) is 10.6 Å². The molecule has 0 atom stereocenters. The van der Waals surface area contributed by atoms with Gasteiger partial charge in [0.2, 0.25) is 5.91 Å². The Morgan fingerprint density at radius 3 is 2.53 bits per heavy atom. The van der Waals surface area contributed by atoms with Gasteiger partial charge in [-0.25, -0.2) is 0 Å². The topological polar surface area (TPSA) is 50.4 Å². The molecule has 1 amide bonds. The average Bonchev–Trinajstić information content (AvgIpc) is 2.25. The fraction of sp³-hybridized carbons (Fsp3) is 0.500. The van der Waals surface area contributed by atoms with Crippen molar-refractivity contribution in [2.45, 2.75) is 19.4 Å². The number of hydrogen-bond acceptors (Lipinski definition) is 3. The Balaban J connectivity index is 0.00000180. The van der Waals surface area contributed by atoms with Crippen LogP contribution in [-0.2, 0) is 10.3 Å². The lowest BCUT2D eigenvalue weighted by Gasteiger charge is -2.33. The smallest absolute Gasteiger partial charge is 0.226 e. The van der Waals surface area contributed by atoms with Gasteiger partial charge in [0.15, 0.2) is 0 Å². The van der Waals surface area contributed by atoms with Crippen molar-refractivity contribution < 1.29 is 9.53 Å². The Labute approximate surface area is 120 Å². The zero-order valence-electron chi connectivity index (χ0n) is 11.5. The maximum Gasteiger partial charge on any atom is 0.226 e. The molecule has 1 aliphatic rings. The molecule has 1 aromatic rings. The molecule has 0 spiro atoms. The Hall–Kier alpha value is -1.26. The van der Waals surface area contributed by atoms with E-state index < -0.39 is 5.54 Å². The van der Waals surface area contributed by atoms with Crippen molar-refractivity contribution in [3.8, 4) is 5.75 Å². The van der Waals surface area contributed by atoms with Crippen LogP contribution in [0.15, 0.2) is 24.3 Å². The minimum atomic E-state index is -0.431. The van der Waals surface area contributed by atoms with Crippen LogP contribution in [0.1, 0.15) is 19.4 Å². The highest BCUT2D eigenvalue weighted by Crippen LogP contribution is 2.29. The van der Waals surface area contributed by atoms with Gasteiger partial charge in [-0.2, -0.15) is 0 Å². The van der Waals surface area contributed by atoms with Gasteiger partial charge in [-0.15, -0.1) is 12.4 Å². The number of nitrogens with one attached hydrogen (secondary N) is 2. The standard InChI is InChI=1S/C14H20N2O2.ClH/c1-14(2,16-13(17)10-8-15-9-10)11-6-4-5-7-12(11)18-3;/h4-7,10,15H,8-9H2,1-3H3,(H,16,17);1H. The predicted octanol–water partition coefficient (Wildman–Crippen LogP) is 1.69. The summed E-state index contributed by atoms with van der Waals surface area (Å²) in [5, 5.41) is 6.19. The van der Waals surface area contributed by atoms with Crippen LogP contribution in [-0.4, -0.2) is 26.1 Å². The third-order valence-electron chi connectivity index (χ3n) is 3.37. The molecule has 0 aliphatic carbocycles. The minimum absolute atomic E-state index is 0. The van der Waals surface area contributed by atoms with Crippen molar-refractivity contribution in [3.63, 3.8) is 0 Å². The van der Waals surface area contributed by atoms with E-state index in [0.29, 0.717) is 0 Å². The van der Waals surface area contributed by atoms with E-state index >= 15 is 0 Å². The minimum Gasteiger partial charge on any atom is -0.496 e. The maximum absolute atomic E-state index is 12.0. The van der Waals surface area contributed by atoms with Gasteiger partial charge >= 0.3 is 0 Å². The summed E-state index contributed by atoms with van der Waals surface area (Å²) in [5.74, 6) is 0.998. The number of amides is 1. The summed E-state index contributed by atoms with van der Waals surface area (Å²) in [6, 6.07) is 7.78. The quantitative estimate of drug-likeness (QED) is 0.885. The van der Waals surface area contributed by atoms with Gasteiger partial charge in [-0.05, 0) is 19.9 Å². The summed E-state index contributed by atoms with van der Waals surface area (Å²) in [6.07, 6.45) is 0. The highest BCUT2D eigenvalue weighted by atomic mass is 35.5. The van der Waals surface area contributed by atoms with E-state index in [4.69, 9.17) is 4.74 Å². The molecule has 5 heteroatoms. The van der Waals surface area contributed by atoms with E-state index in [1.54, 1.807) is 7.11 Å². The summed E-state index contributed by atoms with van der Waals surface area (Å²) >= 11 is 0. The zero-order valence-corrected chi connectivity index (χ0v) is 12.3. The van der Waals surface area contributed by atoms with Crippen LogP contribution in [0.2, 0.25) is 0 Å². The second-order valence-electron chi connectivity index (χ2n) is 5.17. The number of methoxy groups -OCH3 is 1. The molecule has 1 aliphatic heterocycles. The normalized spacial score (nSPS) is 15.1. The number of para-hydroxylation sites is 1. The molecule has 106 valence electrons. The van der Waals surface area contributed by atoms with Crippen molar-refractivity contribution in [3.05, 3.63) is 29.8 Å². The molecule has 2 N–H and O–H groups in total. The molecule has 1 aromatic carbocycles. The van der Waals surface area contributed by atoms with Crippen LogP contribution in [0.5, 0.6) is 5.75 Å². The van der Waals surface area contributed by atoms with Crippen LogP contribution < -0.4 is 15.4 Å². The van der Waals surface area contributed by atoms with Crippen molar-refractivity contribution in [2.24, 2.45) is 5.92 Å². The van der Waals surface area contributed by atoms with Crippen LogP contribution in [0.4, 0.5) is 0 Å². The highest BCUT2D eigenvalue weighted by Gasteiger charge is 2.31. The zero-order chi connectivity index (χ0) is 13.2. The van der Waals surface area contributed by atoms with Crippen molar-refractivity contribution in [2.75, 3.05) is 20.2 Å². The molecule has 19 heavy (non-hydrogen) atoms. The Morgan fingerprint density at radius 1 is 1.37 bits per heavy atom. The van der Waals surface area contributed by atoms with Gasteiger partial charge in [-0.3, -0.25) is 4.79 Å². The Kier molecular flexibility index (Phi) is 5.20. The molecule has 0 saturated carbocycles. The van der Waals surface area contributed by atoms with Crippen LogP contribution >= 0.6 is 12.4 Å². The lowest BCUT2D eigenvalue weighted by atomic mass is 9.91. The van der Waals surface area contributed by atoms with Gasteiger partial charge in [0.05, 0.1) is 18.6 Å². The van der Waals surface area contributed by atoms with Gasteiger partial charge < -0.3 is 15.4 Å². The predicted molar refractivity (Wildman–Crippen MR) is 77.8 cm³/mol. The number of carbonyl (C=O) groups excluding carboxylic acids is 1. The molecule has 2 rings (SSSR count). The van der Waals surface area contributed by atoms with Gasteiger partial charge in [0, 0.05) is 18.7 Å². The number of rotatable bonds is 4. The summed E-state index contributed by atoms with van der Waals surface area (Å²) < 4.78 is 5.35. The first-order valence-corrected chi connectivity index (χ1v) is 6.21. The fourth-order valence-electron chi connectivity index (χ4n) is 2.11. The molecule has 1 saturated heterocycles. The maximum atomic E-state index is 12.0. The average molecular weight is 285 g/mol. The monoisotopic (exact) mass is 284 g/mol. The largest absolute Gasteiger partial charge is 0.496 e. The Bertz CT molecular complexity index is 445. The third kappa shape index (κ3) is 3.39. The van der Waals surface area contributed by atoms with E-state index in [1.807, 2.05) is 38.1 Å². The van der Waals surface area contributed by atoms with Gasteiger partial charge in [0.25, 0.3) is 0 Å². The molecule has 0 radical (unpaired) electrons. The Morgan fingerprint density at radius 2 is 2.00 bits per heavy atom. The lowest BCUT2D eigenvalue weighted by molar-refractivity contribution is -0.128. The second kappa shape index (κ2) is 6.26. The van der Waals surface area contributed by atoms with E-state index in [-0.39, 0.29) is 24.2 Å². The van der Waals surface area contributed by atoms with E-state index in [1.165, 1.54) is 0 Å². The molecular weight excluding hydrogens is 264 g/mol. The molecular formula is C14H21ClN2O2. The summed E-state index contributed by atoms with van der Waals surface area (Å²) in [4.78, 5) is 12.0. The number of hydrogen-bond donors (Lipinski definition) is 2. The van der Waals surface area contributed by atoms with Crippen LogP contribution in [0.3, 0.4) is 0 Å². The molecule has 1 heterocycles. The molecule has 1 fully saturated rings. The summed E-state index contributed by atoms with van der Waals surface area (Å²) in [5.41, 5.74) is 0.562. The van der Waals surface area contributed by atoms with Crippen LogP contribution in [0.25, 0.3) is 0 Å². The number of halogens is 1. The van der Waals surface area contributed by atoms with Crippen molar-refractivity contribution in [1.82, 2.24) is 10.6 Å². The van der Waals surface area contributed by atoms with Crippen LogP contribution in [0, 0.1) is 5.92 Å². The molecule has 4 nitrogen and oxygen atoms in total. The number of ether oxygens (including phenoxy) is 1. The number of carbonyl (C=O) groups is 1. The van der Waals surface area contributed by atoms with Crippen molar-refractivity contribution in [1.29, 1.82) is 0 Å². The fourth-order valence-corrected chi connectivity index (χ4v) is 2.11. The van der Waals surface area contributed by atoms with E-state index in [0.717, 1.165) is 24.4 Å².